The number of sulfonamides is 1. The van der Waals surface area contributed by atoms with Crippen molar-refractivity contribution in [3.63, 3.8) is 0 Å². The van der Waals surface area contributed by atoms with E-state index in [1.165, 1.54) is 36.4 Å². The van der Waals surface area contributed by atoms with Crippen LogP contribution < -0.4 is 0 Å². The lowest BCUT2D eigenvalue weighted by atomic mass is 10.2. The van der Waals surface area contributed by atoms with Crippen LogP contribution >= 0.6 is 0 Å². The molecule has 6 heteroatoms. The maximum absolute atomic E-state index is 12.3. The van der Waals surface area contributed by atoms with Crippen LogP contribution in [0.15, 0.2) is 65.6 Å². The standard InChI is InChI=1S/C14H11NO4S/c16-11-15(14(17)12-7-3-1-4-8-12)20(18,19)13-9-5-2-6-10-13/h1-11H. The van der Waals surface area contributed by atoms with Gasteiger partial charge in [-0.05, 0) is 24.3 Å². The van der Waals surface area contributed by atoms with E-state index in [2.05, 4.69) is 0 Å². The Morgan fingerprint density at radius 3 is 1.90 bits per heavy atom. The second-order valence-electron chi connectivity index (χ2n) is 3.89. The normalized spacial score (nSPS) is 10.8. The van der Waals surface area contributed by atoms with Gasteiger partial charge in [0, 0.05) is 5.56 Å². The Morgan fingerprint density at radius 2 is 1.40 bits per heavy atom. The van der Waals surface area contributed by atoms with Crippen LogP contribution in [-0.4, -0.2) is 25.0 Å². The fourth-order valence-electron chi connectivity index (χ4n) is 1.63. The van der Waals surface area contributed by atoms with Crippen molar-refractivity contribution in [2.45, 2.75) is 4.90 Å². The number of rotatable bonds is 4. The summed E-state index contributed by atoms with van der Waals surface area (Å²) in [5.74, 6) is -0.885. The van der Waals surface area contributed by atoms with Gasteiger partial charge in [-0.2, -0.15) is 4.31 Å². The smallest absolute Gasteiger partial charge is 0.274 e. The van der Waals surface area contributed by atoms with Gasteiger partial charge in [-0.25, -0.2) is 8.42 Å². The van der Waals surface area contributed by atoms with Crippen LogP contribution in [0.2, 0.25) is 0 Å². The predicted molar refractivity (Wildman–Crippen MR) is 72.3 cm³/mol. The lowest BCUT2D eigenvalue weighted by Crippen LogP contribution is -2.35. The number of carbonyl (C=O) groups excluding carboxylic acids is 2. The van der Waals surface area contributed by atoms with E-state index < -0.39 is 15.9 Å². The third-order valence-electron chi connectivity index (χ3n) is 2.62. The first-order valence-corrected chi connectivity index (χ1v) is 7.15. The van der Waals surface area contributed by atoms with Crippen molar-refractivity contribution in [3.8, 4) is 0 Å². The zero-order valence-corrected chi connectivity index (χ0v) is 11.2. The number of hydrogen-bond donors (Lipinski definition) is 0. The summed E-state index contributed by atoms with van der Waals surface area (Å²) in [5.41, 5.74) is 0.124. The molecule has 5 nitrogen and oxygen atoms in total. The van der Waals surface area contributed by atoms with Crippen LogP contribution in [0.1, 0.15) is 10.4 Å². The van der Waals surface area contributed by atoms with E-state index >= 15 is 0 Å². The first-order valence-electron chi connectivity index (χ1n) is 5.71. The molecule has 0 fully saturated rings. The molecule has 2 aromatic rings. The molecule has 0 N–H and O–H groups in total. The highest BCUT2D eigenvalue weighted by atomic mass is 32.2. The molecule has 0 aliphatic heterocycles. The molecule has 0 atom stereocenters. The lowest BCUT2D eigenvalue weighted by Gasteiger charge is -2.15. The third kappa shape index (κ3) is 2.60. The van der Waals surface area contributed by atoms with Crippen molar-refractivity contribution in [1.29, 1.82) is 0 Å². The van der Waals surface area contributed by atoms with E-state index in [-0.39, 0.29) is 21.2 Å². The van der Waals surface area contributed by atoms with Crippen LogP contribution in [0, 0.1) is 0 Å². The second-order valence-corrected chi connectivity index (χ2v) is 5.71. The van der Waals surface area contributed by atoms with E-state index in [4.69, 9.17) is 0 Å². The summed E-state index contributed by atoms with van der Waals surface area (Å²) >= 11 is 0. The topological polar surface area (TPSA) is 71.5 Å². The first kappa shape index (κ1) is 14.0. The van der Waals surface area contributed by atoms with Gasteiger partial charge in [0.15, 0.2) is 0 Å². The summed E-state index contributed by atoms with van der Waals surface area (Å²) in [5, 5.41) is 0. The van der Waals surface area contributed by atoms with Gasteiger partial charge >= 0.3 is 0 Å². The van der Waals surface area contributed by atoms with Crippen LogP contribution in [0.4, 0.5) is 0 Å². The van der Waals surface area contributed by atoms with Gasteiger partial charge in [0.05, 0.1) is 4.90 Å². The number of nitrogens with zero attached hydrogens (tertiary/aromatic N) is 1. The highest BCUT2D eigenvalue weighted by Crippen LogP contribution is 2.16. The number of imide groups is 1. The third-order valence-corrected chi connectivity index (χ3v) is 4.25. The molecular weight excluding hydrogens is 278 g/mol. The Hall–Kier alpha value is -2.47. The van der Waals surface area contributed by atoms with E-state index in [1.807, 2.05) is 0 Å². The van der Waals surface area contributed by atoms with Gasteiger partial charge in [-0.15, -0.1) is 0 Å². The fraction of sp³-hybridized carbons (Fsp3) is 0. The lowest BCUT2D eigenvalue weighted by molar-refractivity contribution is -0.112. The molecule has 2 amide bonds. The number of amides is 2. The minimum absolute atomic E-state index is 0.0116. The molecule has 0 heterocycles. The van der Waals surface area contributed by atoms with Crippen LogP contribution in [0.25, 0.3) is 0 Å². The molecule has 0 aliphatic carbocycles. The average Bonchev–Trinajstić information content (AvgIpc) is 2.49. The number of hydrogen-bond acceptors (Lipinski definition) is 4. The second kappa shape index (κ2) is 5.66. The quantitative estimate of drug-likeness (QED) is 0.803. The zero-order valence-electron chi connectivity index (χ0n) is 10.3. The molecule has 0 spiro atoms. The van der Waals surface area contributed by atoms with E-state index in [0.717, 1.165) is 0 Å². The Balaban J connectivity index is 2.43. The molecule has 0 bridgehead atoms. The maximum atomic E-state index is 12.3. The highest BCUT2D eigenvalue weighted by Gasteiger charge is 2.29. The van der Waals surface area contributed by atoms with Gasteiger partial charge in [-0.1, -0.05) is 36.4 Å². The Labute approximate surface area is 116 Å². The summed E-state index contributed by atoms with van der Waals surface area (Å²) in [6, 6.07) is 15.1. The Morgan fingerprint density at radius 1 is 0.900 bits per heavy atom. The molecule has 0 saturated carbocycles. The number of benzene rings is 2. The molecule has 102 valence electrons. The van der Waals surface area contributed by atoms with Crippen LogP contribution in [0.5, 0.6) is 0 Å². The van der Waals surface area contributed by atoms with E-state index in [9.17, 15) is 18.0 Å². The number of carbonyl (C=O) groups is 2. The Kier molecular flexibility index (Phi) is 3.95. The van der Waals surface area contributed by atoms with Gasteiger partial charge in [0.1, 0.15) is 0 Å². The largest absolute Gasteiger partial charge is 0.277 e. The summed E-state index contributed by atoms with van der Waals surface area (Å²) in [4.78, 5) is 23.1. The maximum Gasteiger partial charge on any atom is 0.274 e. The zero-order chi connectivity index (χ0) is 14.6. The van der Waals surface area contributed by atoms with Gasteiger partial charge in [-0.3, -0.25) is 9.59 Å². The van der Waals surface area contributed by atoms with Gasteiger partial charge in [0.2, 0.25) is 6.41 Å². The molecule has 0 saturated heterocycles. The molecule has 20 heavy (non-hydrogen) atoms. The summed E-state index contributed by atoms with van der Waals surface area (Å²) in [7, 11) is -4.18. The predicted octanol–water partition coefficient (Wildman–Crippen LogP) is 1.67. The molecular formula is C14H11NO4S. The highest BCUT2D eigenvalue weighted by molar-refractivity contribution is 7.90. The van der Waals surface area contributed by atoms with E-state index in [1.54, 1.807) is 24.3 Å². The molecule has 0 radical (unpaired) electrons. The molecule has 0 aliphatic rings. The van der Waals surface area contributed by atoms with Crippen molar-refractivity contribution in [2.24, 2.45) is 0 Å². The van der Waals surface area contributed by atoms with Crippen LogP contribution in [-0.2, 0) is 14.8 Å². The summed E-state index contributed by atoms with van der Waals surface area (Å²) in [6.07, 6.45) is 0.0116. The minimum atomic E-state index is -4.18. The molecule has 2 rings (SSSR count). The summed E-state index contributed by atoms with van der Waals surface area (Å²) < 4.78 is 24.7. The van der Waals surface area contributed by atoms with Crippen molar-refractivity contribution in [1.82, 2.24) is 4.31 Å². The SMILES string of the molecule is O=CN(C(=O)c1ccccc1)S(=O)(=O)c1ccccc1. The Bertz CT molecular complexity index is 711. The van der Waals surface area contributed by atoms with Crippen molar-refractivity contribution >= 4 is 22.3 Å². The van der Waals surface area contributed by atoms with Crippen molar-refractivity contribution in [2.75, 3.05) is 0 Å². The monoisotopic (exact) mass is 289 g/mol. The van der Waals surface area contributed by atoms with Crippen molar-refractivity contribution in [3.05, 3.63) is 66.2 Å². The molecule has 0 unspecified atom stereocenters. The van der Waals surface area contributed by atoms with E-state index in [0.29, 0.717) is 0 Å². The molecule has 0 aromatic heterocycles. The average molecular weight is 289 g/mol. The summed E-state index contributed by atoms with van der Waals surface area (Å²) in [6.45, 7) is 0. The van der Waals surface area contributed by atoms with Crippen LogP contribution in [0.3, 0.4) is 0 Å². The van der Waals surface area contributed by atoms with Crippen molar-refractivity contribution < 1.29 is 18.0 Å². The molecule has 2 aromatic carbocycles. The van der Waals surface area contributed by atoms with Gasteiger partial charge < -0.3 is 0 Å². The first-order chi connectivity index (χ1) is 9.57. The minimum Gasteiger partial charge on any atom is -0.277 e. The fourth-order valence-corrected chi connectivity index (χ4v) is 2.79. The van der Waals surface area contributed by atoms with Gasteiger partial charge in [0.25, 0.3) is 15.9 Å².